The highest BCUT2D eigenvalue weighted by Gasteiger charge is 2.12. The zero-order chi connectivity index (χ0) is 20.6. The van der Waals surface area contributed by atoms with Crippen LogP contribution in [-0.2, 0) is 9.47 Å². The van der Waals surface area contributed by atoms with Crippen LogP contribution in [0.1, 0.15) is 22.8 Å². The van der Waals surface area contributed by atoms with Crippen LogP contribution in [0.5, 0.6) is 5.75 Å². The van der Waals surface area contributed by atoms with Crippen molar-refractivity contribution >= 4 is 5.97 Å². The Kier molecular flexibility index (Phi) is 6.67. The van der Waals surface area contributed by atoms with Crippen LogP contribution in [-0.4, -0.2) is 37.5 Å². The molecule has 148 valence electrons. The molecule has 3 aromatic rings. The van der Waals surface area contributed by atoms with Gasteiger partial charge in [-0.15, -0.1) is 0 Å². The van der Waals surface area contributed by atoms with E-state index in [0.29, 0.717) is 30.9 Å². The molecule has 3 rings (SSSR count). The zero-order valence-corrected chi connectivity index (χ0v) is 16.4. The average molecular weight is 390 g/mol. The van der Waals surface area contributed by atoms with Crippen LogP contribution in [0.15, 0.2) is 60.9 Å². The molecule has 0 fully saturated rings. The lowest BCUT2D eigenvalue weighted by Gasteiger charge is -2.07. The van der Waals surface area contributed by atoms with Crippen molar-refractivity contribution in [2.24, 2.45) is 0 Å². The van der Waals surface area contributed by atoms with Gasteiger partial charge in [0.2, 0.25) is 0 Å². The van der Waals surface area contributed by atoms with E-state index in [0.717, 1.165) is 22.6 Å². The molecule has 29 heavy (non-hydrogen) atoms. The van der Waals surface area contributed by atoms with Crippen molar-refractivity contribution in [1.82, 2.24) is 4.57 Å². The number of carbonyl (C=O) groups excluding carboxylic acids is 1. The number of hydrogen-bond acceptors (Lipinski definition) is 5. The summed E-state index contributed by atoms with van der Waals surface area (Å²) in [7, 11) is 1.63. The van der Waals surface area contributed by atoms with Gasteiger partial charge in [-0.05, 0) is 48.9 Å². The van der Waals surface area contributed by atoms with Crippen molar-refractivity contribution in [2.75, 3.05) is 26.9 Å². The van der Waals surface area contributed by atoms with E-state index < -0.39 is 0 Å². The highest BCUT2D eigenvalue weighted by atomic mass is 16.5. The van der Waals surface area contributed by atoms with Crippen LogP contribution < -0.4 is 4.74 Å². The van der Waals surface area contributed by atoms with E-state index in [2.05, 4.69) is 6.07 Å². The number of aromatic nitrogens is 1. The van der Waals surface area contributed by atoms with Crippen LogP contribution in [0, 0.1) is 11.3 Å². The molecule has 0 radical (unpaired) electrons. The summed E-state index contributed by atoms with van der Waals surface area (Å²) in [5.41, 5.74) is 3.57. The maximum Gasteiger partial charge on any atom is 0.338 e. The highest BCUT2D eigenvalue weighted by Crippen LogP contribution is 2.29. The third kappa shape index (κ3) is 4.84. The minimum absolute atomic E-state index is 0.335. The molecule has 0 N–H and O–H groups in total. The van der Waals surface area contributed by atoms with Crippen LogP contribution >= 0.6 is 0 Å². The molecule has 0 aliphatic rings. The van der Waals surface area contributed by atoms with Crippen molar-refractivity contribution in [1.29, 1.82) is 5.26 Å². The number of carbonyl (C=O) groups is 1. The van der Waals surface area contributed by atoms with Gasteiger partial charge in [0.1, 0.15) is 18.4 Å². The van der Waals surface area contributed by atoms with Crippen LogP contribution in [0.2, 0.25) is 0 Å². The Morgan fingerprint density at radius 2 is 1.90 bits per heavy atom. The second-order valence-corrected chi connectivity index (χ2v) is 6.24. The maximum atomic E-state index is 11.8. The van der Waals surface area contributed by atoms with Crippen LogP contribution in [0.3, 0.4) is 0 Å². The number of rotatable bonds is 8. The van der Waals surface area contributed by atoms with Gasteiger partial charge in [-0.25, -0.2) is 4.79 Å². The minimum Gasteiger partial charge on any atom is -0.491 e. The molecular formula is C23H22N2O4. The monoisotopic (exact) mass is 390 g/mol. The number of nitriles is 1. The first-order valence-corrected chi connectivity index (χ1v) is 9.28. The molecule has 6 heteroatoms. The summed E-state index contributed by atoms with van der Waals surface area (Å²) in [4.78, 5) is 11.8. The Hall–Kier alpha value is -3.56. The third-order valence-electron chi connectivity index (χ3n) is 4.32. The van der Waals surface area contributed by atoms with Gasteiger partial charge in [-0.1, -0.05) is 12.1 Å². The standard InChI is InChI=1S/C23H22N2O4/c1-3-28-23(26)17-7-9-20(10-8-17)25-15-19(14-24)22(16-25)18-5-4-6-21(13-18)29-12-11-27-2/h4-10,13,15-16H,3,11-12H2,1-2H3. The first-order chi connectivity index (χ1) is 14.2. The lowest BCUT2D eigenvalue weighted by molar-refractivity contribution is 0.0526. The molecule has 2 aromatic carbocycles. The number of benzene rings is 2. The summed E-state index contributed by atoms with van der Waals surface area (Å²) in [6, 6.07) is 16.9. The van der Waals surface area contributed by atoms with Gasteiger partial charge < -0.3 is 18.8 Å². The molecule has 0 bridgehead atoms. The largest absolute Gasteiger partial charge is 0.491 e. The van der Waals surface area contributed by atoms with Gasteiger partial charge in [0.25, 0.3) is 0 Å². The lowest BCUT2D eigenvalue weighted by Crippen LogP contribution is -2.04. The third-order valence-corrected chi connectivity index (χ3v) is 4.32. The van der Waals surface area contributed by atoms with E-state index >= 15 is 0 Å². The van der Waals surface area contributed by atoms with Gasteiger partial charge in [-0.2, -0.15) is 5.26 Å². The topological polar surface area (TPSA) is 73.5 Å². The van der Waals surface area contributed by atoms with E-state index in [9.17, 15) is 10.1 Å². The van der Waals surface area contributed by atoms with Crippen molar-refractivity contribution in [3.05, 3.63) is 72.1 Å². The number of hydrogen-bond donors (Lipinski definition) is 0. The molecule has 0 unspecified atom stereocenters. The Labute approximate surface area is 169 Å². The van der Waals surface area contributed by atoms with E-state index in [4.69, 9.17) is 14.2 Å². The normalized spacial score (nSPS) is 10.4. The molecule has 0 spiro atoms. The molecule has 1 heterocycles. The second-order valence-electron chi connectivity index (χ2n) is 6.24. The zero-order valence-electron chi connectivity index (χ0n) is 16.4. The van der Waals surface area contributed by atoms with Crippen LogP contribution in [0.25, 0.3) is 16.8 Å². The Balaban J connectivity index is 1.87. The molecule has 0 aliphatic heterocycles. The number of esters is 1. The molecular weight excluding hydrogens is 368 g/mol. The van der Waals surface area contributed by atoms with E-state index in [1.807, 2.05) is 47.2 Å². The number of methoxy groups -OCH3 is 1. The van der Waals surface area contributed by atoms with Crippen molar-refractivity contribution in [3.8, 4) is 28.6 Å². The Morgan fingerprint density at radius 3 is 2.59 bits per heavy atom. The molecule has 0 amide bonds. The summed E-state index contributed by atoms with van der Waals surface area (Å²) in [6.07, 6.45) is 3.67. The Bertz CT molecular complexity index is 1020. The average Bonchev–Trinajstić information content (AvgIpc) is 3.19. The molecule has 0 saturated heterocycles. The van der Waals surface area contributed by atoms with Crippen LogP contribution in [0.4, 0.5) is 0 Å². The first-order valence-electron chi connectivity index (χ1n) is 9.28. The fourth-order valence-electron chi connectivity index (χ4n) is 2.90. The van der Waals surface area contributed by atoms with E-state index in [-0.39, 0.29) is 5.97 Å². The molecule has 0 aliphatic carbocycles. The minimum atomic E-state index is -0.352. The molecule has 1 aromatic heterocycles. The van der Waals surface area contributed by atoms with E-state index in [1.165, 1.54) is 0 Å². The van der Waals surface area contributed by atoms with Gasteiger partial charge in [0, 0.05) is 30.8 Å². The van der Waals surface area contributed by atoms with Crippen molar-refractivity contribution in [2.45, 2.75) is 6.92 Å². The smallest absolute Gasteiger partial charge is 0.338 e. The summed E-state index contributed by atoms with van der Waals surface area (Å²) in [5, 5.41) is 9.59. The van der Waals surface area contributed by atoms with Gasteiger partial charge in [-0.3, -0.25) is 0 Å². The second kappa shape index (κ2) is 9.58. The number of nitrogens with zero attached hydrogens (tertiary/aromatic N) is 2. The predicted molar refractivity (Wildman–Crippen MR) is 109 cm³/mol. The predicted octanol–water partition coefficient (Wildman–Crippen LogP) is 4.22. The van der Waals surface area contributed by atoms with Gasteiger partial charge in [0.15, 0.2) is 0 Å². The summed E-state index contributed by atoms with van der Waals surface area (Å²) in [6.45, 7) is 3.07. The SMILES string of the molecule is CCOC(=O)c1ccc(-n2cc(C#N)c(-c3cccc(OCCOC)c3)c2)cc1. The first kappa shape index (κ1) is 20.2. The van der Waals surface area contributed by atoms with Gasteiger partial charge in [0.05, 0.1) is 24.3 Å². The molecule has 6 nitrogen and oxygen atoms in total. The summed E-state index contributed by atoms with van der Waals surface area (Å²) >= 11 is 0. The highest BCUT2D eigenvalue weighted by molar-refractivity contribution is 5.89. The quantitative estimate of drug-likeness (QED) is 0.425. The van der Waals surface area contributed by atoms with Crippen molar-refractivity contribution in [3.63, 3.8) is 0 Å². The fourth-order valence-corrected chi connectivity index (χ4v) is 2.90. The fraction of sp³-hybridized carbons (Fsp3) is 0.217. The number of ether oxygens (including phenoxy) is 3. The molecule has 0 atom stereocenters. The lowest BCUT2D eigenvalue weighted by atomic mass is 10.1. The van der Waals surface area contributed by atoms with Gasteiger partial charge >= 0.3 is 5.97 Å². The van der Waals surface area contributed by atoms with E-state index in [1.54, 1.807) is 32.4 Å². The Morgan fingerprint density at radius 1 is 1.10 bits per heavy atom. The maximum absolute atomic E-state index is 11.8. The summed E-state index contributed by atoms with van der Waals surface area (Å²) < 4.78 is 17.5. The van der Waals surface area contributed by atoms with Crippen molar-refractivity contribution < 1.29 is 19.0 Å². The molecule has 0 saturated carbocycles. The summed E-state index contributed by atoms with van der Waals surface area (Å²) in [5.74, 6) is 0.366.